The van der Waals surface area contributed by atoms with Gasteiger partial charge in [0.25, 0.3) is 0 Å². The Morgan fingerprint density at radius 3 is 2.59 bits per heavy atom. The van der Waals surface area contributed by atoms with Crippen molar-refractivity contribution < 1.29 is 23.0 Å². The number of sulfonamides is 1. The molecule has 0 amide bonds. The van der Waals surface area contributed by atoms with Crippen molar-refractivity contribution in [2.45, 2.75) is 11.0 Å². The van der Waals surface area contributed by atoms with Crippen LogP contribution in [-0.4, -0.2) is 37.9 Å². The molecule has 8 heteroatoms. The molecule has 96 valence electrons. The molecule has 1 atom stereocenters. The van der Waals surface area contributed by atoms with E-state index in [2.05, 4.69) is 0 Å². The highest BCUT2D eigenvalue weighted by Gasteiger charge is 2.16. The van der Waals surface area contributed by atoms with Gasteiger partial charge >= 0.3 is 0 Å². The fourth-order valence-electron chi connectivity index (χ4n) is 1.09. The minimum Gasteiger partial charge on any atom is -0.399 e. The normalized spacial score (nSPS) is 13.6. The summed E-state index contributed by atoms with van der Waals surface area (Å²) in [6.45, 7) is -0.941. The van der Waals surface area contributed by atoms with Crippen LogP contribution in [0.1, 0.15) is 0 Å². The van der Waals surface area contributed by atoms with Gasteiger partial charge in [0.05, 0.1) is 17.6 Å². The van der Waals surface area contributed by atoms with Gasteiger partial charge in [0.2, 0.25) is 10.0 Å². The van der Waals surface area contributed by atoms with Gasteiger partial charge in [-0.15, -0.1) is 0 Å². The first-order chi connectivity index (χ1) is 7.85. The number of nitrogen functional groups attached to an aromatic ring is 1. The molecule has 0 saturated carbocycles. The van der Waals surface area contributed by atoms with E-state index in [9.17, 15) is 12.8 Å². The molecule has 0 aliphatic rings. The number of hydrogen-bond acceptors (Lipinski definition) is 5. The molecule has 1 aromatic carbocycles. The summed E-state index contributed by atoms with van der Waals surface area (Å²) >= 11 is 0. The van der Waals surface area contributed by atoms with Crippen LogP contribution in [-0.2, 0) is 10.0 Å². The maximum atomic E-state index is 13.0. The number of anilines is 1. The second-order valence-corrected chi connectivity index (χ2v) is 5.18. The highest BCUT2D eigenvalue weighted by molar-refractivity contribution is 7.89. The maximum absolute atomic E-state index is 13.0. The molecule has 0 radical (unpaired) electrons. The number of hydrogen-bond donors (Lipinski definition) is 4. The highest BCUT2D eigenvalue weighted by Crippen LogP contribution is 2.15. The Morgan fingerprint density at radius 1 is 1.41 bits per heavy atom. The maximum Gasteiger partial charge on any atom is 0.240 e. The third-order valence-electron chi connectivity index (χ3n) is 1.92. The zero-order chi connectivity index (χ0) is 13.1. The van der Waals surface area contributed by atoms with Crippen molar-refractivity contribution in [3.63, 3.8) is 0 Å². The molecule has 0 aliphatic heterocycles. The molecular weight excluding hydrogens is 251 g/mol. The molecule has 1 unspecified atom stereocenters. The SMILES string of the molecule is Nc1cc(F)cc(S(=O)(=O)NCC(O)CO)c1. The number of aliphatic hydroxyl groups is 2. The van der Waals surface area contributed by atoms with Crippen LogP contribution in [0.3, 0.4) is 0 Å². The average molecular weight is 264 g/mol. The Labute approximate surface area is 97.9 Å². The van der Waals surface area contributed by atoms with E-state index in [1.54, 1.807) is 0 Å². The molecule has 0 aliphatic carbocycles. The van der Waals surface area contributed by atoms with Crippen molar-refractivity contribution >= 4 is 15.7 Å². The Morgan fingerprint density at radius 2 is 2.06 bits per heavy atom. The van der Waals surface area contributed by atoms with Gasteiger partial charge in [0.1, 0.15) is 5.82 Å². The number of nitrogens with two attached hydrogens (primary N) is 1. The second-order valence-electron chi connectivity index (χ2n) is 3.41. The Balaban J connectivity index is 2.89. The summed E-state index contributed by atoms with van der Waals surface area (Å²) in [6, 6.07) is 2.89. The largest absolute Gasteiger partial charge is 0.399 e. The van der Waals surface area contributed by atoms with Gasteiger partial charge in [0.15, 0.2) is 0 Å². The lowest BCUT2D eigenvalue weighted by Crippen LogP contribution is -2.34. The molecule has 5 N–H and O–H groups in total. The van der Waals surface area contributed by atoms with Gasteiger partial charge in [0, 0.05) is 12.2 Å². The average Bonchev–Trinajstić information content (AvgIpc) is 2.24. The number of halogens is 1. The number of nitrogens with one attached hydrogen (secondary N) is 1. The van der Waals surface area contributed by atoms with Gasteiger partial charge in [-0.1, -0.05) is 0 Å². The summed E-state index contributed by atoms with van der Waals surface area (Å²) in [4.78, 5) is -0.333. The molecular formula is C9H13FN2O4S. The topological polar surface area (TPSA) is 113 Å². The van der Waals surface area contributed by atoms with Crippen LogP contribution in [0, 0.1) is 5.82 Å². The van der Waals surface area contributed by atoms with Crippen LogP contribution < -0.4 is 10.5 Å². The summed E-state index contributed by atoms with van der Waals surface area (Å²) < 4.78 is 38.2. The van der Waals surface area contributed by atoms with Gasteiger partial charge in [-0.3, -0.25) is 0 Å². The third-order valence-corrected chi connectivity index (χ3v) is 3.33. The smallest absolute Gasteiger partial charge is 0.240 e. The molecule has 0 aromatic heterocycles. The summed E-state index contributed by atoms with van der Waals surface area (Å²) in [7, 11) is -3.95. The molecule has 0 spiro atoms. The first-order valence-corrected chi connectivity index (χ1v) is 6.18. The lowest BCUT2D eigenvalue weighted by Gasteiger charge is -2.10. The first kappa shape index (κ1) is 13.8. The van der Waals surface area contributed by atoms with Crippen molar-refractivity contribution in [2.75, 3.05) is 18.9 Å². The van der Waals surface area contributed by atoms with Crippen LogP contribution in [0.4, 0.5) is 10.1 Å². The predicted molar refractivity (Wildman–Crippen MR) is 59.1 cm³/mol. The minimum atomic E-state index is -3.95. The molecule has 0 bridgehead atoms. The first-order valence-electron chi connectivity index (χ1n) is 4.70. The van der Waals surface area contributed by atoms with E-state index in [0.29, 0.717) is 0 Å². The molecule has 0 heterocycles. The van der Waals surface area contributed by atoms with Crippen LogP contribution >= 0.6 is 0 Å². The third kappa shape index (κ3) is 3.93. The summed E-state index contributed by atoms with van der Waals surface area (Å²) in [5.41, 5.74) is 5.30. The number of benzene rings is 1. The van der Waals surface area contributed by atoms with Crippen LogP contribution in [0.15, 0.2) is 23.1 Å². The van der Waals surface area contributed by atoms with Crippen LogP contribution in [0.5, 0.6) is 0 Å². The monoisotopic (exact) mass is 264 g/mol. The lowest BCUT2D eigenvalue weighted by molar-refractivity contribution is 0.0988. The second kappa shape index (κ2) is 5.41. The van der Waals surface area contributed by atoms with Gasteiger partial charge < -0.3 is 15.9 Å². The standard InChI is InChI=1S/C9H13FN2O4S/c10-6-1-7(11)3-9(2-6)17(15,16)12-4-8(14)5-13/h1-3,8,12-14H,4-5,11H2. The summed E-state index contributed by atoms with van der Waals surface area (Å²) in [5.74, 6) is -0.770. The molecule has 0 fully saturated rings. The van der Waals surface area contributed by atoms with Crippen molar-refractivity contribution in [2.24, 2.45) is 0 Å². The van der Waals surface area contributed by atoms with Crippen molar-refractivity contribution in [1.82, 2.24) is 4.72 Å². The fourth-order valence-corrected chi connectivity index (χ4v) is 2.23. The zero-order valence-corrected chi connectivity index (χ0v) is 9.61. The number of rotatable bonds is 5. The highest BCUT2D eigenvalue weighted by atomic mass is 32.2. The Bertz CT molecular complexity index is 472. The quantitative estimate of drug-likeness (QED) is 0.512. The van der Waals surface area contributed by atoms with Gasteiger partial charge in [-0.2, -0.15) is 0 Å². The van der Waals surface area contributed by atoms with E-state index < -0.39 is 28.6 Å². The Hall–Kier alpha value is -1.22. The van der Waals surface area contributed by atoms with E-state index in [1.807, 2.05) is 4.72 Å². The summed E-state index contributed by atoms with van der Waals surface area (Å²) in [6.07, 6.45) is -1.21. The van der Waals surface area contributed by atoms with Crippen LogP contribution in [0.25, 0.3) is 0 Å². The Kier molecular flexibility index (Phi) is 4.40. The molecule has 17 heavy (non-hydrogen) atoms. The minimum absolute atomic E-state index is 0.0203. The molecule has 1 rings (SSSR count). The van der Waals surface area contributed by atoms with Crippen molar-refractivity contribution in [3.05, 3.63) is 24.0 Å². The summed E-state index contributed by atoms with van der Waals surface area (Å²) in [5, 5.41) is 17.5. The fraction of sp³-hybridized carbons (Fsp3) is 0.333. The number of aliphatic hydroxyl groups excluding tert-OH is 2. The van der Waals surface area contributed by atoms with E-state index >= 15 is 0 Å². The van der Waals surface area contributed by atoms with Crippen molar-refractivity contribution in [3.8, 4) is 0 Å². The van der Waals surface area contributed by atoms with E-state index in [1.165, 1.54) is 0 Å². The van der Waals surface area contributed by atoms with E-state index in [-0.39, 0.29) is 17.1 Å². The predicted octanol–water partition coefficient (Wildman–Crippen LogP) is -0.961. The molecule has 1 aromatic rings. The van der Waals surface area contributed by atoms with Gasteiger partial charge in [-0.25, -0.2) is 17.5 Å². The van der Waals surface area contributed by atoms with E-state index in [0.717, 1.165) is 18.2 Å². The van der Waals surface area contributed by atoms with E-state index in [4.69, 9.17) is 15.9 Å². The molecule has 6 nitrogen and oxygen atoms in total. The van der Waals surface area contributed by atoms with Gasteiger partial charge in [-0.05, 0) is 18.2 Å². The van der Waals surface area contributed by atoms with Crippen LogP contribution in [0.2, 0.25) is 0 Å². The molecule has 0 saturated heterocycles. The lowest BCUT2D eigenvalue weighted by atomic mass is 10.3. The van der Waals surface area contributed by atoms with Crippen molar-refractivity contribution in [1.29, 1.82) is 0 Å². The zero-order valence-electron chi connectivity index (χ0n) is 8.80.